The molecule has 0 bridgehead atoms. The van der Waals surface area contributed by atoms with Crippen LogP contribution >= 0.6 is 24.0 Å². The summed E-state index contributed by atoms with van der Waals surface area (Å²) < 4.78 is 17.3. The van der Waals surface area contributed by atoms with E-state index in [1.165, 1.54) is 0 Å². The molecule has 0 radical (unpaired) electrons. The first-order valence-electron chi connectivity index (χ1n) is 9.20. The molecule has 1 fully saturated rings. The molecule has 1 heterocycles. The fraction of sp³-hybridized carbons (Fsp3) is 0.824. The van der Waals surface area contributed by atoms with E-state index in [1.54, 1.807) is 7.05 Å². The van der Waals surface area contributed by atoms with E-state index in [2.05, 4.69) is 25.8 Å². The third-order valence-electron chi connectivity index (χ3n) is 4.48. The van der Waals surface area contributed by atoms with Gasteiger partial charge in [-0.2, -0.15) is 4.98 Å². The third kappa shape index (κ3) is 7.13. The van der Waals surface area contributed by atoms with Gasteiger partial charge in [-0.15, -0.1) is 24.0 Å². The first-order valence-corrected chi connectivity index (χ1v) is 10.6. The van der Waals surface area contributed by atoms with Crippen molar-refractivity contribution in [2.24, 2.45) is 4.99 Å². The summed E-state index contributed by atoms with van der Waals surface area (Å²) >= 11 is 0. The lowest BCUT2D eigenvalue weighted by Crippen LogP contribution is -2.47. The standard InChI is InChI=1S/C17H31N5O2S.HI/c1-5-25(23)14-8-6-7-13(11-14)20-17(18-4)19-10-9-15-21-16(12(2)3)22-24-15;/h12-14H,5-11H2,1-4H3,(H2,18,19,20);1H. The molecule has 7 nitrogen and oxygen atoms in total. The molecule has 2 rings (SSSR count). The second-order valence-corrected chi connectivity index (χ2v) is 8.75. The predicted molar refractivity (Wildman–Crippen MR) is 117 cm³/mol. The quantitative estimate of drug-likeness (QED) is 0.342. The summed E-state index contributed by atoms with van der Waals surface area (Å²) in [7, 11) is 1.06. The van der Waals surface area contributed by atoms with Gasteiger partial charge >= 0.3 is 0 Å². The topological polar surface area (TPSA) is 92.4 Å². The van der Waals surface area contributed by atoms with Gasteiger partial charge in [0.15, 0.2) is 11.8 Å². The molecule has 1 aliphatic carbocycles. The van der Waals surface area contributed by atoms with E-state index in [-0.39, 0.29) is 29.9 Å². The van der Waals surface area contributed by atoms with Gasteiger partial charge in [0.2, 0.25) is 5.89 Å². The molecular formula is C17H32IN5O2S. The van der Waals surface area contributed by atoms with Crippen LogP contribution in [0.1, 0.15) is 64.1 Å². The minimum absolute atomic E-state index is 0. The summed E-state index contributed by atoms with van der Waals surface area (Å²) in [6.07, 6.45) is 4.89. The number of rotatable bonds is 7. The highest BCUT2D eigenvalue weighted by Gasteiger charge is 2.26. The van der Waals surface area contributed by atoms with Crippen LogP contribution in [0.25, 0.3) is 0 Å². The van der Waals surface area contributed by atoms with E-state index in [4.69, 9.17) is 4.52 Å². The van der Waals surface area contributed by atoms with Crippen molar-refractivity contribution < 1.29 is 8.73 Å². The molecule has 26 heavy (non-hydrogen) atoms. The molecule has 0 spiro atoms. The number of hydrogen-bond acceptors (Lipinski definition) is 5. The lowest BCUT2D eigenvalue weighted by Gasteiger charge is -2.30. The van der Waals surface area contributed by atoms with Crippen LogP contribution in [0, 0.1) is 0 Å². The van der Waals surface area contributed by atoms with E-state index < -0.39 is 10.8 Å². The molecule has 3 atom stereocenters. The van der Waals surface area contributed by atoms with Gasteiger partial charge in [0.1, 0.15) is 0 Å². The van der Waals surface area contributed by atoms with Crippen molar-refractivity contribution in [3.8, 4) is 0 Å². The summed E-state index contributed by atoms with van der Waals surface area (Å²) in [5, 5.41) is 11.0. The van der Waals surface area contributed by atoms with E-state index in [0.717, 1.165) is 43.2 Å². The Morgan fingerprint density at radius 3 is 2.81 bits per heavy atom. The van der Waals surface area contributed by atoms with Crippen LogP contribution in [0.2, 0.25) is 0 Å². The first kappa shape index (κ1) is 23.3. The van der Waals surface area contributed by atoms with Gasteiger partial charge in [-0.25, -0.2) is 0 Å². The molecule has 0 aliphatic heterocycles. The predicted octanol–water partition coefficient (Wildman–Crippen LogP) is 2.60. The van der Waals surface area contributed by atoms with Crippen LogP contribution in [-0.2, 0) is 17.2 Å². The molecular weight excluding hydrogens is 465 g/mol. The zero-order valence-corrected chi connectivity index (χ0v) is 19.3. The largest absolute Gasteiger partial charge is 0.356 e. The number of nitrogens with zero attached hydrogens (tertiary/aromatic N) is 3. The van der Waals surface area contributed by atoms with Gasteiger partial charge in [-0.1, -0.05) is 32.3 Å². The molecule has 3 unspecified atom stereocenters. The first-order chi connectivity index (χ1) is 12.0. The molecule has 1 saturated carbocycles. The highest BCUT2D eigenvalue weighted by atomic mass is 127. The highest BCUT2D eigenvalue weighted by molar-refractivity contribution is 14.0. The Bertz CT molecular complexity index is 593. The molecule has 2 N–H and O–H groups in total. The fourth-order valence-corrected chi connectivity index (χ4v) is 4.38. The minimum atomic E-state index is -0.711. The van der Waals surface area contributed by atoms with Crippen molar-refractivity contribution in [3.05, 3.63) is 11.7 Å². The maximum atomic E-state index is 12.1. The molecule has 0 amide bonds. The number of guanidine groups is 1. The van der Waals surface area contributed by atoms with Crippen molar-refractivity contribution in [2.45, 2.75) is 70.1 Å². The zero-order valence-electron chi connectivity index (χ0n) is 16.2. The Morgan fingerprint density at radius 2 is 2.19 bits per heavy atom. The van der Waals surface area contributed by atoms with Crippen LogP contribution in [0.5, 0.6) is 0 Å². The van der Waals surface area contributed by atoms with E-state index in [0.29, 0.717) is 30.1 Å². The van der Waals surface area contributed by atoms with E-state index in [9.17, 15) is 4.21 Å². The second-order valence-electron chi connectivity index (χ2n) is 6.75. The molecule has 150 valence electrons. The van der Waals surface area contributed by atoms with Crippen molar-refractivity contribution in [1.29, 1.82) is 0 Å². The summed E-state index contributed by atoms with van der Waals surface area (Å²) in [6.45, 7) is 6.76. The van der Waals surface area contributed by atoms with Gasteiger partial charge < -0.3 is 15.2 Å². The third-order valence-corrected chi connectivity index (χ3v) is 6.22. The second kappa shape index (κ2) is 11.9. The molecule has 1 aliphatic rings. The van der Waals surface area contributed by atoms with Gasteiger partial charge in [0.25, 0.3) is 0 Å². The average molecular weight is 497 g/mol. The maximum Gasteiger partial charge on any atom is 0.228 e. The molecule has 1 aromatic rings. The van der Waals surface area contributed by atoms with Crippen molar-refractivity contribution in [3.63, 3.8) is 0 Å². The van der Waals surface area contributed by atoms with Gasteiger partial charge in [0, 0.05) is 53.8 Å². The summed E-state index contributed by atoms with van der Waals surface area (Å²) in [6, 6.07) is 0.330. The minimum Gasteiger partial charge on any atom is -0.356 e. The zero-order chi connectivity index (χ0) is 18.2. The molecule has 9 heteroatoms. The maximum absolute atomic E-state index is 12.1. The number of aliphatic imine (C=N–C) groups is 1. The SMILES string of the molecule is CCS(=O)C1CCCC(NC(=NC)NCCc2nc(C(C)C)no2)C1.I. The number of nitrogens with one attached hydrogen (secondary N) is 2. The lowest BCUT2D eigenvalue weighted by atomic mass is 9.95. The van der Waals surface area contributed by atoms with Crippen LogP contribution in [0.15, 0.2) is 9.52 Å². The Morgan fingerprint density at radius 1 is 1.42 bits per heavy atom. The summed E-state index contributed by atoms with van der Waals surface area (Å²) in [4.78, 5) is 8.66. The Hall–Kier alpha value is -0.710. The Kier molecular flexibility index (Phi) is 10.7. The normalized spacial score (nSPS) is 22.0. The summed E-state index contributed by atoms with van der Waals surface area (Å²) in [5.74, 6) is 3.18. The number of aromatic nitrogens is 2. The number of halogens is 1. The monoisotopic (exact) mass is 497 g/mol. The van der Waals surface area contributed by atoms with Crippen molar-refractivity contribution in [2.75, 3.05) is 19.3 Å². The van der Waals surface area contributed by atoms with E-state index >= 15 is 0 Å². The number of hydrogen-bond donors (Lipinski definition) is 2. The van der Waals surface area contributed by atoms with Gasteiger partial charge in [-0.3, -0.25) is 9.20 Å². The lowest BCUT2D eigenvalue weighted by molar-refractivity contribution is 0.370. The Labute approximate surface area is 176 Å². The van der Waals surface area contributed by atoms with Crippen LogP contribution in [0.4, 0.5) is 0 Å². The average Bonchev–Trinajstić information content (AvgIpc) is 3.09. The smallest absolute Gasteiger partial charge is 0.228 e. The molecule has 0 saturated heterocycles. The van der Waals surface area contributed by atoms with Crippen molar-refractivity contribution in [1.82, 2.24) is 20.8 Å². The van der Waals surface area contributed by atoms with Crippen molar-refractivity contribution >= 4 is 40.7 Å². The fourth-order valence-electron chi connectivity index (χ4n) is 3.03. The Balaban J connectivity index is 0.00000338. The highest BCUT2D eigenvalue weighted by Crippen LogP contribution is 2.22. The van der Waals surface area contributed by atoms with Crippen LogP contribution in [0.3, 0.4) is 0 Å². The summed E-state index contributed by atoms with van der Waals surface area (Å²) in [5.41, 5.74) is 0. The van der Waals surface area contributed by atoms with E-state index in [1.807, 2.05) is 20.8 Å². The molecule has 1 aromatic heterocycles. The van der Waals surface area contributed by atoms with Crippen LogP contribution < -0.4 is 10.6 Å². The van der Waals surface area contributed by atoms with Gasteiger partial charge in [0.05, 0.1) is 0 Å². The molecule has 0 aromatic carbocycles. The van der Waals surface area contributed by atoms with Crippen LogP contribution in [-0.4, -0.2) is 50.9 Å². The van der Waals surface area contributed by atoms with Gasteiger partial charge in [-0.05, 0) is 19.3 Å².